The van der Waals surface area contributed by atoms with E-state index in [-0.39, 0.29) is 12.4 Å². The summed E-state index contributed by atoms with van der Waals surface area (Å²) >= 11 is 0. The van der Waals surface area contributed by atoms with Crippen LogP contribution in [0.2, 0.25) is 0 Å². The summed E-state index contributed by atoms with van der Waals surface area (Å²) in [5.41, 5.74) is 0. The third-order valence-corrected chi connectivity index (χ3v) is 1.39. The van der Waals surface area contributed by atoms with Gasteiger partial charge in [-0.3, -0.25) is 0 Å². The lowest BCUT2D eigenvalue weighted by Crippen LogP contribution is -1.78. The van der Waals surface area contributed by atoms with Crippen molar-refractivity contribution >= 4 is 23.2 Å². The Morgan fingerprint density at radius 1 is 1.18 bits per heavy atom. The van der Waals surface area contributed by atoms with Gasteiger partial charge in [0.15, 0.2) is 0 Å². The third-order valence-electron chi connectivity index (χ3n) is 1.39. The highest BCUT2D eigenvalue weighted by Gasteiger charge is 1.88. The Hall–Kier alpha value is -1.15. The van der Waals surface area contributed by atoms with Gasteiger partial charge in [-0.25, -0.2) is 0 Å². The fourth-order valence-electron chi connectivity index (χ4n) is 0.885. The second-order valence-corrected chi connectivity index (χ2v) is 2.04. The molecule has 1 radical (unpaired) electrons. The summed E-state index contributed by atoms with van der Waals surface area (Å²) in [5.74, 6) is 0. The van der Waals surface area contributed by atoms with Gasteiger partial charge < -0.3 is 0 Å². The molecule has 0 saturated carbocycles. The molecule has 1 heterocycles. The average molecular weight is 166 g/mol. The molecule has 0 bridgehead atoms. The van der Waals surface area contributed by atoms with E-state index in [0.29, 0.717) is 0 Å². The zero-order valence-corrected chi connectivity index (χ0v) is 6.51. The van der Waals surface area contributed by atoms with Crippen LogP contribution in [0, 0.1) is 6.20 Å². The van der Waals surface area contributed by atoms with Gasteiger partial charge in [0, 0.05) is 10.8 Å². The minimum Gasteiger partial charge on any atom is -0.158 e. The number of hydrogen-bond donors (Lipinski definition) is 0. The van der Waals surface area contributed by atoms with Crippen molar-refractivity contribution in [1.29, 1.82) is 0 Å². The van der Waals surface area contributed by atoms with Crippen LogP contribution in [0.1, 0.15) is 0 Å². The molecular formula is C8H6ClN2. The lowest BCUT2D eigenvalue weighted by Gasteiger charge is -1.89. The van der Waals surface area contributed by atoms with E-state index >= 15 is 0 Å². The van der Waals surface area contributed by atoms with Crippen LogP contribution in [0.4, 0.5) is 0 Å². The zero-order valence-electron chi connectivity index (χ0n) is 5.69. The van der Waals surface area contributed by atoms with E-state index in [4.69, 9.17) is 0 Å². The summed E-state index contributed by atoms with van der Waals surface area (Å²) in [6.45, 7) is 0. The van der Waals surface area contributed by atoms with E-state index in [1.165, 1.54) is 0 Å². The molecule has 0 aliphatic carbocycles. The highest BCUT2D eigenvalue weighted by molar-refractivity contribution is 5.85. The van der Waals surface area contributed by atoms with Gasteiger partial charge in [-0.05, 0) is 0 Å². The molecule has 0 saturated heterocycles. The quantitative estimate of drug-likeness (QED) is 0.596. The van der Waals surface area contributed by atoms with Crippen LogP contribution in [-0.4, -0.2) is 10.2 Å². The number of rotatable bonds is 0. The van der Waals surface area contributed by atoms with Gasteiger partial charge in [0.2, 0.25) is 0 Å². The molecule has 0 aliphatic heterocycles. The molecule has 2 nitrogen and oxygen atoms in total. The predicted molar refractivity (Wildman–Crippen MR) is 45.6 cm³/mol. The SMILES string of the molecule is Cl.[c]1nncc2ccccc12. The standard InChI is InChI=1S/C8H5N2.ClH/c1-2-4-8-6-10-9-5-7(8)3-1;/h1-5H;1H. The van der Waals surface area contributed by atoms with Gasteiger partial charge in [-0.1, -0.05) is 24.3 Å². The Labute approximate surface area is 70.7 Å². The minimum absolute atomic E-state index is 0. The Kier molecular flexibility index (Phi) is 2.39. The van der Waals surface area contributed by atoms with Crippen LogP contribution in [0.15, 0.2) is 30.5 Å². The molecule has 0 spiro atoms. The van der Waals surface area contributed by atoms with E-state index in [9.17, 15) is 0 Å². The number of halogens is 1. The van der Waals surface area contributed by atoms with Gasteiger partial charge in [0.1, 0.15) is 6.20 Å². The smallest absolute Gasteiger partial charge is 0.122 e. The summed E-state index contributed by atoms with van der Waals surface area (Å²) in [6.07, 6.45) is 4.52. The molecule has 11 heavy (non-hydrogen) atoms. The largest absolute Gasteiger partial charge is 0.158 e. The number of fused-ring (bicyclic) bond motifs is 1. The maximum absolute atomic E-state index is 3.71. The molecule has 2 aromatic rings. The molecule has 1 aromatic carbocycles. The van der Waals surface area contributed by atoms with E-state index < -0.39 is 0 Å². The van der Waals surface area contributed by atoms with Crippen molar-refractivity contribution in [2.24, 2.45) is 0 Å². The highest BCUT2D eigenvalue weighted by atomic mass is 35.5. The summed E-state index contributed by atoms with van der Waals surface area (Å²) in [6, 6.07) is 7.88. The second-order valence-electron chi connectivity index (χ2n) is 2.04. The fraction of sp³-hybridized carbons (Fsp3) is 0. The van der Waals surface area contributed by atoms with Crippen LogP contribution in [0.25, 0.3) is 10.8 Å². The van der Waals surface area contributed by atoms with Crippen molar-refractivity contribution in [3.05, 3.63) is 36.7 Å². The monoisotopic (exact) mass is 165 g/mol. The van der Waals surface area contributed by atoms with E-state index in [0.717, 1.165) is 10.8 Å². The molecule has 3 heteroatoms. The summed E-state index contributed by atoms with van der Waals surface area (Å²) in [7, 11) is 0. The summed E-state index contributed by atoms with van der Waals surface area (Å²) in [4.78, 5) is 0. The first-order valence-electron chi connectivity index (χ1n) is 3.05. The maximum Gasteiger partial charge on any atom is 0.122 e. The summed E-state index contributed by atoms with van der Waals surface area (Å²) in [5, 5.41) is 9.44. The first-order chi connectivity index (χ1) is 4.97. The van der Waals surface area contributed by atoms with Crippen molar-refractivity contribution in [1.82, 2.24) is 10.2 Å². The molecule has 2 rings (SSSR count). The number of nitrogens with zero attached hydrogens (tertiary/aromatic N) is 2. The zero-order chi connectivity index (χ0) is 6.81. The van der Waals surface area contributed by atoms with Crippen molar-refractivity contribution in [2.45, 2.75) is 0 Å². The minimum atomic E-state index is 0. The molecule has 1 aromatic heterocycles. The van der Waals surface area contributed by atoms with Crippen LogP contribution in [-0.2, 0) is 0 Å². The van der Waals surface area contributed by atoms with Gasteiger partial charge in [0.05, 0.1) is 6.20 Å². The van der Waals surface area contributed by atoms with Gasteiger partial charge >= 0.3 is 0 Å². The number of benzene rings is 1. The van der Waals surface area contributed by atoms with Crippen molar-refractivity contribution in [2.75, 3.05) is 0 Å². The molecule has 0 fully saturated rings. The number of hydrogen-bond acceptors (Lipinski definition) is 2. The first kappa shape index (κ1) is 7.95. The Balaban J connectivity index is 0.000000605. The Bertz CT molecular complexity index is 283. The predicted octanol–water partition coefficient (Wildman–Crippen LogP) is 1.85. The van der Waals surface area contributed by atoms with E-state index in [1.54, 1.807) is 6.20 Å². The van der Waals surface area contributed by atoms with Crippen molar-refractivity contribution < 1.29 is 0 Å². The van der Waals surface area contributed by atoms with Gasteiger partial charge in [-0.2, -0.15) is 5.10 Å². The molecular weight excluding hydrogens is 160 g/mol. The molecule has 55 valence electrons. The lowest BCUT2D eigenvalue weighted by molar-refractivity contribution is 1.04. The topological polar surface area (TPSA) is 25.8 Å². The molecule has 0 aliphatic rings. The van der Waals surface area contributed by atoms with Crippen LogP contribution >= 0.6 is 12.4 Å². The van der Waals surface area contributed by atoms with E-state index in [2.05, 4.69) is 16.4 Å². The molecule has 0 unspecified atom stereocenters. The highest BCUT2D eigenvalue weighted by Crippen LogP contribution is 2.07. The normalized spacial score (nSPS) is 9.09. The number of aromatic nitrogens is 2. The van der Waals surface area contributed by atoms with Crippen LogP contribution in [0.3, 0.4) is 0 Å². The average Bonchev–Trinajstić information content (AvgIpc) is 2.05. The Morgan fingerprint density at radius 3 is 2.82 bits per heavy atom. The Morgan fingerprint density at radius 2 is 2.00 bits per heavy atom. The van der Waals surface area contributed by atoms with Crippen molar-refractivity contribution in [3.8, 4) is 0 Å². The lowest BCUT2D eigenvalue weighted by atomic mass is 10.2. The second kappa shape index (κ2) is 3.30. The van der Waals surface area contributed by atoms with Gasteiger partial charge in [-0.15, -0.1) is 17.5 Å². The van der Waals surface area contributed by atoms with Crippen LogP contribution in [0.5, 0.6) is 0 Å². The van der Waals surface area contributed by atoms with Crippen molar-refractivity contribution in [3.63, 3.8) is 0 Å². The van der Waals surface area contributed by atoms with Crippen LogP contribution < -0.4 is 0 Å². The summed E-state index contributed by atoms with van der Waals surface area (Å²) < 4.78 is 0. The molecule has 0 amide bonds. The first-order valence-corrected chi connectivity index (χ1v) is 3.05. The fourth-order valence-corrected chi connectivity index (χ4v) is 0.885. The maximum atomic E-state index is 3.71. The molecule has 0 N–H and O–H groups in total. The van der Waals surface area contributed by atoms with Gasteiger partial charge in [0.25, 0.3) is 0 Å². The van der Waals surface area contributed by atoms with E-state index in [1.807, 2.05) is 24.3 Å². The third kappa shape index (κ3) is 1.46. The molecule has 0 atom stereocenters.